The molecule has 1 amide bonds. The number of aryl methyl sites for hydroxylation is 2. The van der Waals surface area contributed by atoms with Crippen molar-refractivity contribution in [3.63, 3.8) is 0 Å². The molecule has 7 nitrogen and oxygen atoms in total. The van der Waals surface area contributed by atoms with Crippen LogP contribution in [0.15, 0.2) is 64.4 Å². The number of thioether (sulfide) groups is 1. The second kappa shape index (κ2) is 9.79. The summed E-state index contributed by atoms with van der Waals surface area (Å²) >= 11 is 1.91. The average molecular weight is 511 g/mol. The normalized spacial score (nSPS) is 22.1. The van der Waals surface area contributed by atoms with Crippen LogP contribution in [0.25, 0.3) is 5.69 Å². The van der Waals surface area contributed by atoms with E-state index in [4.69, 9.17) is 0 Å². The van der Waals surface area contributed by atoms with E-state index in [9.17, 15) is 13.2 Å². The third-order valence-electron chi connectivity index (χ3n) is 6.89. The molecule has 9 heteroatoms. The van der Waals surface area contributed by atoms with Gasteiger partial charge in [0, 0.05) is 35.3 Å². The van der Waals surface area contributed by atoms with Crippen LogP contribution in [0.2, 0.25) is 0 Å². The van der Waals surface area contributed by atoms with Gasteiger partial charge in [0.2, 0.25) is 15.7 Å². The SMILES string of the molecule is Cc1cc(C)n(-c2cccc(S(=O)(=O)c3ccc(CNC(=O)C4CCC5NCSC5C4)cc3)c2)n1. The van der Waals surface area contributed by atoms with Crippen LogP contribution in [0.1, 0.15) is 36.2 Å². The predicted octanol–water partition coefficient (Wildman–Crippen LogP) is 3.77. The Bertz CT molecular complexity index is 1330. The van der Waals surface area contributed by atoms with Crippen molar-refractivity contribution in [2.45, 2.75) is 60.7 Å². The lowest BCUT2D eigenvalue weighted by atomic mass is 9.85. The minimum Gasteiger partial charge on any atom is -0.352 e. The van der Waals surface area contributed by atoms with Gasteiger partial charge in [0.25, 0.3) is 0 Å². The van der Waals surface area contributed by atoms with Gasteiger partial charge in [0.05, 0.1) is 21.2 Å². The van der Waals surface area contributed by atoms with Gasteiger partial charge in [0.1, 0.15) is 0 Å². The summed E-state index contributed by atoms with van der Waals surface area (Å²) in [7, 11) is -3.69. The van der Waals surface area contributed by atoms with Crippen LogP contribution in [0.4, 0.5) is 0 Å². The van der Waals surface area contributed by atoms with Gasteiger partial charge < -0.3 is 10.6 Å². The van der Waals surface area contributed by atoms with Crippen molar-refractivity contribution in [3.05, 3.63) is 71.5 Å². The lowest BCUT2D eigenvalue weighted by Gasteiger charge is -2.30. The van der Waals surface area contributed by atoms with E-state index in [-0.39, 0.29) is 21.6 Å². The fourth-order valence-corrected chi connectivity index (χ4v) is 7.63. The number of carbonyl (C=O) groups is 1. The molecule has 0 spiro atoms. The summed E-state index contributed by atoms with van der Waals surface area (Å²) < 4.78 is 28.3. The maximum atomic E-state index is 13.3. The molecule has 1 aromatic heterocycles. The highest BCUT2D eigenvalue weighted by molar-refractivity contribution is 8.00. The maximum Gasteiger partial charge on any atom is 0.223 e. The molecule has 3 unspecified atom stereocenters. The van der Waals surface area contributed by atoms with Gasteiger partial charge in [-0.15, -0.1) is 11.8 Å². The van der Waals surface area contributed by atoms with Crippen molar-refractivity contribution in [2.75, 3.05) is 5.88 Å². The van der Waals surface area contributed by atoms with Crippen LogP contribution in [0, 0.1) is 19.8 Å². The molecule has 2 aromatic carbocycles. The molecule has 35 heavy (non-hydrogen) atoms. The Kier molecular flexibility index (Phi) is 6.74. The van der Waals surface area contributed by atoms with Crippen molar-refractivity contribution in [1.82, 2.24) is 20.4 Å². The Morgan fingerprint density at radius 3 is 2.66 bits per heavy atom. The van der Waals surface area contributed by atoms with Crippen molar-refractivity contribution in [2.24, 2.45) is 5.92 Å². The lowest BCUT2D eigenvalue weighted by molar-refractivity contribution is -0.126. The van der Waals surface area contributed by atoms with Gasteiger partial charge in [-0.05, 0) is 75.1 Å². The molecule has 0 bridgehead atoms. The minimum atomic E-state index is -3.69. The first-order valence-electron chi connectivity index (χ1n) is 11.9. The molecule has 1 aliphatic carbocycles. The van der Waals surface area contributed by atoms with E-state index < -0.39 is 9.84 Å². The highest BCUT2D eigenvalue weighted by Crippen LogP contribution is 2.36. The molecule has 2 aliphatic rings. The Hall–Kier alpha value is -2.62. The fraction of sp³-hybridized carbons (Fsp3) is 0.385. The van der Waals surface area contributed by atoms with E-state index in [1.165, 1.54) is 0 Å². The minimum absolute atomic E-state index is 0.0535. The van der Waals surface area contributed by atoms with Crippen molar-refractivity contribution < 1.29 is 13.2 Å². The molecular formula is C26H30N4O3S2. The van der Waals surface area contributed by atoms with Crippen LogP contribution in [-0.4, -0.2) is 41.3 Å². The molecule has 0 radical (unpaired) electrons. The van der Waals surface area contributed by atoms with E-state index in [2.05, 4.69) is 15.7 Å². The third kappa shape index (κ3) is 5.03. The van der Waals surface area contributed by atoms with E-state index in [0.717, 1.165) is 42.1 Å². The molecule has 5 rings (SSSR count). The van der Waals surface area contributed by atoms with Gasteiger partial charge in [0.15, 0.2) is 0 Å². The van der Waals surface area contributed by atoms with E-state index in [1.807, 2.05) is 37.7 Å². The number of carbonyl (C=O) groups excluding carboxylic acids is 1. The molecule has 3 aromatic rings. The number of benzene rings is 2. The van der Waals surface area contributed by atoms with Crippen LogP contribution in [0.5, 0.6) is 0 Å². The van der Waals surface area contributed by atoms with Crippen LogP contribution in [0.3, 0.4) is 0 Å². The number of hydrogen-bond acceptors (Lipinski definition) is 6. The summed E-state index contributed by atoms with van der Waals surface area (Å²) in [6.07, 6.45) is 2.87. The number of hydrogen-bond donors (Lipinski definition) is 2. The smallest absolute Gasteiger partial charge is 0.223 e. The Morgan fingerprint density at radius 1 is 1.11 bits per heavy atom. The fourth-order valence-electron chi connectivity index (χ4n) is 4.98. The van der Waals surface area contributed by atoms with Crippen LogP contribution < -0.4 is 10.6 Å². The van der Waals surface area contributed by atoms with Crippen LogP contribution in [-0.2, 0) is 21.2 Å². The quantitative estimate of drug-likeness (QED) is 0.525. The number of fused-ring (bicyclic) bond motifs is 1. The highest BCUT2D eigenvalue weighted by Gasteiger charge is 2.36. The van der Waals surface area contributed by atoms with Crippen molar-refractivity contribution in [1.29, 1.82) is 0 Å². The molecule has 1 saturated heterocycles. The molecule has 2 heterocycles. The largest absolute Gasteiger partial charge is 0.352 e. The number of nitrogens with zero attached hydrogens (tertiary/aromatic N) is 2. The highest BCUT2D eigenvalue weighted by atomic mass is 32.2. The van der Waals surface area contributed by atoms with Crippen LogP contribution >= 0.6 is 11.8 Å². The van der Waals surface area contributed by atoms with Gasteiger partial charge in [-0.2, -0.15) is 5.10 Å². The maximum absolute atomic E-state index is 13.3. The standard InChI is InChI=1S/C26H30N4O3S2/c1-17-12-18(2)30(29-17)21-4-3-5-23(14-21)35(32,33)22-9-6-19(7-10-22)15-27-26(31)20-8-11-24-25(13-20)34-16-28-24/h3-7,9-10,12,14,20,24-25,28H,8,11,13,15-16H2,1-2H3,(H,27,31). The Balaban J connectivity index is 1.25. The predicted molar refractivity (Wildman–Crippen MR) is 137 cm³/mol. The van der Waals surface area contributed by atoms with E-state index in [0.29, 0.717) is 23.5 Å². The first-order valence-corrected chi connectivity index (χ1v) is 14.4. The summed E-state index contributed by atoms with van der Waals surface area (Å²) in [6, 6.07) is 16.1. The monoisotopic (exact) mass is 510 g/mol. The molecule has 2 N–H and O–H groups in total. The number of nitrogens with one attached hydrogen (secondary N) is 2. The first kappa shape index (κ1) is 24.1. The zero-order valence-corrected chi connectivity index (χ0v) is 21.5. The summed E-state index contributed by atoms with van der Waals surface area (Å²) in [5.41, 5.74) is 3.40. The number of aromatic nitrogens is 2. The average Bonchev–Trinajstić information content (AvgIpc) is 3.47. The van der Waals surface area contributed by atoms with Gasteiger partial charge in [-0.25, -0.2) is 13.1 Å². The number of rotatable bonds is 6. The van der Waals surface area contributed by atoms with E-state index >= 15 is 0 Å². The van der Waals surface area contributed by atoms with Gasteiger partial charge in [-0.1, -0.05) is 18.2 Å². The molecule has 2 fully saturated rings. The zero-order chi connectivity index (χ0) is 24.6. The topological polar surface area (TPSA) is 93.1 Å². The third-order valence-corrected chi connectivity index (χ3v) is 9.94. The Morgan fingerprint density at radius 2 is 1.91 bits per heavy atom. The second-order valence-corrected chi connectivity index (χ2v) is 12.5. The molecule has 3 atom stereocenters. The molecule has 1 saturated carbocycles. The summed E-state index contributed by atoms with van der Waals surface area (Å²) in [5.74, 6) is 1.12. The summed E-state index contributed by atoms with van der Waals surface area (Å²) in [4.78, 5) is 13.1. The van der Waals surface area contributed by atoms with Gasteiger partial charge in [-0.3, -0.25) is 4.79 Å². The summed E-state index contributed by atoms with van der Waals surface area (Å²) in [5, 5.41) is 11.5. The Labute approximate surface area is 210 Å². The first-order chi connectivity index (χ1) is 16.8. The summed E-state index contributed by atoms with van der Waals surface area (Å²) in [6.45, 7) is 4.24. The lowest BCUT2D eigenvalue weighted by Crippen LogP contribution is -2.41. The zero-order valence-electron chi connectivity index (χ0n) is 19.9. The van der Waals surface area contributed by atoms with E-state index in [1.54, 1.807) is 47.1 Å². The molecule has 184 valence electrons. The molecular weight excluding hydrogens is 480 g/mol. The van der Waals surface area contributed by atoms with Gasteiger partial charge >= 0.3 is 0 Å². The van der Waals surface area contributed by atoms with Crippen molar-refractivity contribution in [3.8, 4) is 5.69 Å². The molecule has 1 aliphatic heterocycles. The number of sulfone groups is 1. The van der Waals surface area contributed by atoms with Crippen molar-refractivity contribution >= 4 is 27.5 Å². The number of amides is 1. The second-order valence-electron chi connectivity index (χ2n) is 9.37.